The molecular weight excluding hydrogens is 184 g/mol. The van der Waals surface area contributed by atoms with E-state index in [1.54, 1.807) is 0 Å². The smallest absolute Gasteiger partial charge is 0.151 e. The minimum atomic E-state index is -2.92. The SMILES string of the molecule is Cc1ccc(C)c(CS(C)(=O)=O)c1. The van der Waals surface area contributed by atoms with Crippen LogP contribution in [0.3, 0.4) is 0 Å². The summed E-state index contributed by atoms with van der Waals surface area (Å²) in [6.07, 6.45) is 1.26. The number of hydrogen-bond donors (Lipinski definition) is 0. The van der Waals surface area contributed by atoms with Gasteiger partial charge >= 0.3 is 0 Å². The summed E-state index contributed by atoms with van der Waals surface area (Å²) in [5.74, 6) is 0.139. The van der Waals surface area contributed by atoms with Crippen molar-refractivity contribution in [2.45, 2.75) is 19.6 Å². The van der Waals surface area contributed by atoms with Crippen LogP contribution in [0.1, 0.15) is 16.7 Å². The molecule has 0 saturated carbocycles. The van der Waals surface area contributed by atoms with Gasteiger partial charge in [0.05, 0.1) is 5.75 Å². The van der Waals surface area contributed by atoms with E-state index in [4.69, 9.17) is 0 Å². The van der Waals surface area contributed by atoms with E-state index in [9.17, 15) is 8.42 Å². The topological polar surface area (TPSA) is 34.1 Å². The molecule has 0 fully saturated rings. The zero-order chi connectivity index (χ0) is 10.1. The molecule has 0 radical (unpaired) electrons. The fourth-order valence-corrected chi connectivity index (χ4v) is 2.11. The van der Waals surface area contributed by atoms with Gasteiger partial charge < -0.3 is 0 Å². The van der Waals surface area contributed by atoms with E-state index >= 15 is 0 Å². The molecule has 72 valence electrons. The summed E-state index contributed by atoms with van der Waals surface area (Å²) in [5, 5.41) is 0. The van der Waals surface area contributed by atoms with Crippen LogP contribution in [0.4, 0.5) is 0 Å². The van der Waals surface area contributed by atoms with E-state index < -0.39 is 9.84 Å². The number of aryl methyl sites for hydroxylation is 2. The van der Waals surface area contributed by atoms with Crippen LogP contribution in [-0.4, -0.2) is 14.7 Å². The van der Waals surface area contributed by atoms with E-state index in [-0.39, 0.29) is 5.75 Å². The molecule has 0 saturated heterocycles. The number of hydrogen-bond acceptors (Lipinski definition) is 2. The Morgan fingerprint density at radius 2 is 1.85 bits per heavy atom. The number of rotatable bonds is 2. The van der Waals surface area contributed by atoms with Crippen LogP contribution < -0.4 is 0 Å². The van der Waals surface area contributed by atoms with Crippen LogP contribution in [0.25, 0.3) is 0 Å². The minimum Gasteiger partial charge on any atom is -0.229 e. The molecule has 0 aliphatic heterocycles. The van der Waals surface area contributed by atoms with Gasteiger partial charge in [0.2, 0.25) is 0 Å². The summed E-state index contributed by atoms with van der Waals surface area (Å²) >= 11 is 0. The van der Waals surface area contributed by atoms with Crippen molar-refractivity contribution in [3.63, 3.8) is 0 Å². The fourth-order valence-electron chi connectivity index (χ4n) is 1.24. The van der Waals surface area contributed by atoms with Crippen LogP contribution in [-0.2, 0) is 15.6 Å². The minimum absolute atomic E-state index is 0.139. The van der Waals surface area contributed by atoms with E-state index in [2.05, 4.69) is 0 Å². The third kappa shape index (κ3) is 3.19. The Hall–Kier alpha value is -0.830. The highest BCUT2D eigenvalue weighted by Gasteiger charge is 2.06. The lowest BCUT2D eigenvalue weighted by Crippen LogP contribution is -2.02. The second-order valence-electron chi connectivity index (χ2n) is 3.50. The van der Waals surface area contributed by atoms with Gasteiger partial charge in [-0.25, -0.2) is 8.42 Å². The quantitative estimate of drug-likeness (QED) is 0.726. The molecule has 0 unspecified atom stereocenters. The molecule has 0 aromatic heterocycles. The maximum absolute atomic E-state index is 11.1. The van der Waals surface area contributed by atoms with Gasteiger partial charge in [-0.05, 0) is 25.0 Å². The van der Waals surface area contributed by atoms with E-state index in [1.807, 2.05) is 32.0 Å². The Morgan fingerprint density at radius 3 is 2.38 bits per heavy atom. The average molecular weight is 198 g/mol. The lowest BCUT2D eigenvalue weighted by atomic mass is 10.1. The molecule has 1 aromatic carbocycles. The van der Waals surface area contributed by atoms with Gasteiger partial charge in [-0.3, -0.25) is 0 Å². The van der Waals surface area contributed by atoms with Crippen molar-refractivity contribution in [1.29, 1.82) is 0 Å². The van der Waals surface area contributed by atoms with Crippen molar-refractivity contribution in [2.75, 3.05) is 6.26 Å². The highest BCUT2D eigenvalue weighted by molar-refractivity contribution is 7.89. The largest absolute Gasteiger partial charge is 0.229 e. The first kappa shape index (κ1) is 10.3. The first-order valence-corrected chi connectivity index (χ1v) is 6.18. The number of benzene rings is 1. The molecule has 0 aliphatic rings. The van der Waals surface area contributed by atoms with Crippen LogP contribution >= 0.6 is 0 Å². The third-order valence-corrected chi connectivity index (χ3v) is 2.76. The predicted octanol–water partition coefficient (Wildman–Crippen LogP) is 1.85. The fraction of sp³-hybridized carbons (Fsp3) is 0.400. The van der Waals surface area contributed by atoms with Crippen LogP contribution in [0, 0.1) is 13.8 Å². The van der Waals surface area contributed by atoms with Crippen LogP contribution in [0.15, 0.2) is 18.2 Å². The van der Waals surface area contributed by atoms with Crippen LogP contribution in [0.2, 0.25) is 0 Å². The highest BCUT2D eigenvalue weighted by atomic mass is 32.2. The van der Waals surface area contributed by atoms with Crippen LogP contribution in [0.5, 0.6) is 0 Å². The van der Waals surface area contributed by atoms with Crippen molar-refractivity contribution < 1.29 is 8.42 Å². The van der Waals surface area contributed by atoms with Gasteiger partial charge in [0, 0.05) is 6.26 Å². The Labute approximate surface area is 79.5 Å². The van der Waals surface area contributed by atoms with Crippen molar-refractivity contribution in [2.24, 2.45) is 0 Å². The standard InChI is InChI=1S/C10H14O2S/c1-8-4-5-9(2)10(6-8)7-13(3,11)12/h4-6H,7H2,1-3H3. The Morgan fingerprint density at radius 1 is 1.23 bits per heavy atom. The summed E-state index contributed by atoms with van der Waals surface area (Å²) in [6.45, 7) is 3.89. The molecule has 3 heteroatoms. The molecule has 0 aliphatic carbocycles. The Bertz CT molecular complexity index is 405. The van der Waals surface area contributed by atoms with Crippen molar-refractivity contribution in [1.82, 2.24) is 0 Å². The summed E-state index contributed by atoms with van der Waals surface area (Å²) in [5.41, 5.74) is 3.04. The summed E-state index contributed by atoms with van der Waals surface area (Å²) in [6, 6.07) is 5.87. The first-order valence-electron chi connectivity index (χ1n) is 4.12. The summed E-state index contributed by atoms with van der Waals surface area (Å²) in [7, 11) is -2.92. The molecule has 0 bridgehead atoms. The molecule has 0 heterocycles. The maximum Gasteiger partial charge on any atom is 0.151 e. The van der Waals surface area contributed by atoms with E-state index in [1.165, 1.54) is 6.26 Å². The maximum atomic E-state index is 11.1. The molecule has 0 amide bonds. The molecule has 0 N–H and O–H groups in total. The molecule has 1 aromatic rings. The third-order valence-electron chi connectivity index (χ3n) is 1.92. The van der Waals surface area contributed by atoms with Crippen molar-refractivity contribution in [3.8, 4) is 0 Å². The molecule has 0 atom stereocenters. The van der Waals surface area contributed by atoms with Gasteiger partial charge in [-0.2, -0.15) is 0 Å². The average Bonchev–Trinajstić information content (AvgIpc) is 1.94. The van der Waals surface area contributed by atoms with E-state index in [0.29, 0.717) is 0 Å². The lowest BCUT2D eigenvalue weighted by molar-refractivity contribution is 0.601. The predicted molar refractivity (Wildman–Crippen MR) is 54.5 cm³/mol. The Kier molecular flexibility index (Phi) is 2.76. The summed E-state index contributed by atoms with van der Waals surface area (Å²) < 4.78 is 22.1. The van der Waals surface area contributed by atoms with Gasteiger partial charge in [0.1, 0.15) is 0 Å². The van der Waals surface area contributed by atoms with E-state index in [0.717, 1.165) is 16.7 Å². The molecule has 1 rings (SSSR count). The summed E-state index contributed by atoms with van der Waals surface area (Å²) in [4.78, 5) is 0. The first-order chi connectivity index (χ1) is 5.88. The zero-order valence-electron chi connectivity index (χ0n) is 8.16. The van der Waals surface area contributed by atoms with Gasteiger partial charge in [-0.15, -0.1) is 0 Å². The second kappa shape index (κ2) is 3.50. The molecule has 13 heavy (non-hydrogen) atoms. The monoisotopic (exact) mass is 198 g/mol. The van der Waals surface area contributed by atoms with Gasteiger partial charge in [0.25, 0.3) is 0 Å². The highest BCUT2D eigenvalue weighted by Crippen LogP contribution is 2.13. The normalized spacial score (nSPS) is 11.6. The molecule has 0 spiro atoms. The van der Waals surface area contributed by atoms with Gasteiger partial charge in [-0.1, -0.05) is 23.8 Å². The molecule has 2 nitrogen and oxygen atoms in total. The van der Waals surface area contributed by atoms with Crippen molar-refractivity contribution >= 4 is 9.84 Å². The molecular formula is C10H14O2S. The van der Waals surface area contributed by atoms with Gasteiger partial charge in [0.15, 0.2) is 9.84 Å². The number of sulfone groups is 1. The lowest BCUT2D eigenvalue weighted by Gasteiger charge is -2.05. The Balaban J connectivity index is 3.08. The second-order valence-corrected chi connectivity index (χ2v) is 5.64. The zero-order valence-corrected chi connectivity index (χ0v) is 8.98. The van der Waals surface area contributed by atoms with Crippen molar-refractivity contribution in [3.05, 3.63) is 34.9 Å².